The van der Waals surface area contributed by atoms with Crippen molar-refractivity contribution in [3.05, 3.63) is 83.2 Å². The number of ether oxygens (including phenoxy) is 2. The van der Waals surface area contributed by atoms with Gasteiger partial charge < -0.3 is 14.0 Å². The van der Waals surface area contributed by atoms with E-state index in [9.17, 15) is 0 Å². The highest BCUT2D eigenvalue weighted by molar-refractivity contribution is 5.44. The Bertz CT molecular complexity index is 1010. The number of hydrogen-bond donors (Lipinski definition) is 0. The van der Waals surface area contributed by atoms with E-state index < -0.39 is 0 Å². The van der Waals surface area contributed by atoms with Gasteiger partial charge in [0.25, 0.3) is 0 Å². The van der Waals surface area contributed by atoms with Gasteiger partial charge in [0.15, 0.2) is 11.5 Å². The van der Waals surface area contributed by atoms with Crippen molar-refractivity contribution in [2.75, 3.05) is 19.8 Å². The molecule has 2 aliphatic rings. The van der Waals surface area contributed by atoms with Gasteiger partial charge in [-0.3, -0.25) is 4.90 Å². The Morgan fingerprint density at radius 1 is 0.933 bits per heavy atom. The Balaban J connectivity index is 1.49. The summed E-state index contributed by atoms with van der Waals surface area (Å²) in [6.45, 7) is 8.77. The Hall–Kier alpha value is -2.72. The summed E-state index contributed by atoms with van der Waals surface area (Å²) < 4.78 is 13.9. The molecule has 0 N–H and O–H groups in total. The van der Waals surface area contributed by atoms with E-state index in [0.29, 0.717) is 19.1 Å². The van der Waals surface area contributed by atoms with Crippen molar-refractivity contribution < 1.29 is 9.47 Å². The second-order valence-electron chi connectivity index (χ2n) is 8.65. The number of aromatic nitrogens is 1. The summed E-state index contributed by atoms with van der Waals surface area (Å²) in [4.78, 5) is 2.61. The van der Waals surface area contributed by atoms with Crippen LogP contribution in [0.3, 0.4) is 0 Å². The largest absolute Gasteiger partial charge is 0.486 e. The minimum Gasteiger partial charge on any atom is -0.486 e. The van der Waals surface area contributed by atoms with Gasteiger partial charge in [-0.1, -0.05) is 44.2 Å². The predicted molar refractivity (Wildman–Crippen MR) is 119 cm³/mol. The summed E-state index contributed by atoms with van der Waals surface area (Å²) in [7, 11) is 0. The molecule has 3 aromatic rings. The van der Waals surface area contributed by atoms with Gasteiger partial charge in [-0.15, -0.1) is 0 Å². The number of nitrogens with zero attached hydrogens (tertiary/aromatic N) is 2. The van der Waals surface area contributed by atoms with E-state index in [0.717, 1.165) is 37.6 Å². The molecule has 4 heteroatoms. The number of hydrogen-bond acceptors (Lipinski definition) is 3. The number of fused-ring (bicyclic) bond motifs is 2. The van der Waals surface area contributed by atoms with E-state index in [-0.39, 0.29) is 6.04 Å². The highest BCUT2D eigenvalue weighted by Crippen LogP contribution is 2.36. The molecular weight excluding hydrogens is 372 g/mol. The van der Waals surface area contributed by atoms with Gasteiger partial charge in [0.05, 0.1) is 6.04 Å². The Kier molecular flexibility index (Phi) is 5.26. The van der Waals surface area contributed by atoms with Crippen LogP contribution in [-0.2, 0) is 13.1 Å². The van der Waals surface area contributed by atoms with Crippen LogP contribution in [0.15, 0.2) is 60.8 Å². The average molecular weight is 403 g/mol. The first-order valence-corrected chi connectivity index (χ1v) is 11.1. The minimum atomic E-state index is 0.247. The molecule has 3 heterocycles. The molecular formula is C26H30N2O2. The van der Waals surface area contributed by atoms with Crippen molar-refractivity contribution in [3.8, 4) is 11.5 Å². The molecule has 1 atom stereocenters. The zero-order valence-electron chi connectivity index (χ0n) is 17.9. The van der Waals surface area contributed by atoms with E-state index in [4.69, 9.17) is 9.47 Å². The van der Waals surface area contributed by atoms with Gasteiger partial charge in [0.1, 0.15) is 13.2 Å². The van der Waals surface area contributed by atoms with Crippen LogP contribution in [0.5, 0.6) is 11.5 Å². The van der Waals surface area contributed by atoms with E-state index in [1.165, 1.54) is 22.4 Å². The second kappa shape index (κ2) is 8.19. The second-order valence-corrected chi connectivity index (χ2v) is 8.65. The third kappa shape index (κ3) is 3.72. The molecule has 156 valence electrons. The maximum absolute atomic E-state index is 5.82. The van der Waals surface area contributed by atoms with Gasteiger partial charge in [-0.2, -0.15) is 0 Å². The van der Waals surface area contributed by atoms with E-state index >= 15 is 0 Å². The molecule has 1 aromatic heterocycles. The molecule has 2 aromatic carbocycles. The summed E-state index contributed by atoms with van der Waals surface area (Å²) in [6, 6.07) is 20.3. The summed E-state index contributed by atoms with van der Waals surface area (Å²) >= 11 is 0. The lowest BCUT2D eigenvalue weighted by Gasteiger charge is -2.31. The zero-order valence-corrected chi connectivity index (χ0v) is 17.9. The first-order valence-electron chi connectivity index (χ1n) is 11.1. The highest BCUT2D eigenvalue weighted by atomic mass is 16.6. The Morgan fingerprint density at radius 3 is 2.53 bits per heavy atom. The molecule has 0 fully saturated rings. The SMILES string of the molecule is CC(C)c1ccc(C2c3cccn3CCCN2Cc2ccc3c(c2)OCCO3)cc1. The molecule has 2 aliphatic heterocycles. The number of benzene rings is 2. The first kappa shape index (κ1) is 19.3. The molecule has 1 unspecified atom stereocenters. The standard InChI is InChI=1S/C26H30N2O2/c1-19(2)21-7-9-22(10-8-21)26-23-5-3-12-27(23)13-4-14-28(26)18-20-6-11-24-25(17-20)30-16-15-29-24/h3,5-12,17,19,26H,4,13-16,18H2,1-2H3. The maximum Gasteiger partial charge on any atom is 0.161 e. The van der Waals surface area contributed by atoms with Crippen LogP contribution < -0.4 is 9.47 Å². The normalized spacial score (nSPS) is 18.8. The van der Waals surface area contributed by atoms with E-state index in [1.807, 2.05) is 0 Å². The van der Waals surface area contributed by atoms with Gasteiger partial charge in [0, 0.05) is 31.5 Å². The van der Waals surface area contributed by atoms with Crippen molar-refractivity contribution in [2.24, 2.45) is 0 Å². The van der Waals surface area contributed by atoms with Gasteiger partial charge in [-0.05, 0) is 53.3 Å². The van der Waals surface area contributed by atoms with Crippen molar-refractivity contribution >= 4 is 0 Å². The minimum absolute atomic E-state index is 0.247. The number of aryl methyl sites for hydroxylation is 1. The van der Waals surface area contributed by atoms with E-state index in [2.05, 4.69) is 84.1 Å². The third-order valence-corrected chi connectivity index (χ3v) is 6.27. The van der Waals surface area contributed by atoms with Crippen molar-refractivity contribution in [3.63, 3.8) is 0 Å². The fraction of sp³-hybridized carbons (Fsp3) is 0.385. The van der Waals surface area contributed by atoms with Crippen LogP contribution in [0.25, 0.3) is 0 Å². The predicted octanol–water partition coefficient (Wildman–Crippen LogP) is 5.38. The highest BCUT2D eigenvalue weighted by Gasteiger charge is 2.28. The van der Waals surface area contributed by atoms with Gasteiger partial charge >= 0.3 is 0 Å². The summed E-state index contributed by atoms with van der Waals surface area (Å²) in [5.74, 6) is 2.27. The monoisotopic (exact) mass is 402 g/mol. The van der Waals surface area contributed by atoms with Crippen LogP contribution in [0.4, 0.5) is 0 Å². The topological polar surface area (TPSA) is 26.6 Å². The number of rotatable bonds is 4. The fourth-order valence-corrected chi connectivity index (χ4v) is 4.68. The average Bonchev–Trinajstić information content (AvgIpc) is 3.15. The fourth-order valence-electron chi connectivity index (χ4n) is 4.68. The third-order valence-electron chi connectivity index (χ3n) is 6.27. The summed E-state index contributed by atoms with van der Waals surface area (Å²) in [5, 5.41) is 0. The van der Waals surface area contributed by atoms with Crippen LogP contribution in [0.1, 0.15) is 54.6 Å². The molecule has 0 bridgehead atoms. The molecule has 30 heavy (non-hydrogen) atoms. The van der Waals surface area contributed by atoms with Crippen molar-refractivity contribution in [1.29, 1.82) is 0 Å². The van der Waals surface area contributed by atoms with Gasteiger partial charge in [-0.25, -0.2) is 0 Å². The van der Waals surface area contributed by atoms with Crippen molar-refractivity contribution in [2.45, 2.75) is 45.3 Å². The molecule has 5 rings (SSSR count). The quantitative estimate of drug-likeness (QED) is 0.586. The van der Waals surface area contributed by atoms with Crippen LogP contribution >= 0.6 is 0 Å². The molecule has 0 amide bonds. The molecule has 0 radical (unpaired) electrons. The molecule has 0 aliphatic carbocycles. The molecule has 4 nitrogen and oxygen atoms in total. The van der Waals surface area contributed by atoms with Crippen molar-refractivity contribution in [1.82, 2.24) is 9.47 Å². The Labute approximate surface area is 179 Å². The maximum atomic E-state index is 5.82. The van der Waals surface area contributed by atoms with Crippen LogP contribution in [0, 0.1) is 0 Å². The lowest BCUT2D eigenvalue weighted by atomic mass is 9.96. The molecule has 0 saturated heterocycles. The zero-order chi connectivity index (χ0) is 20.5. The summed E-state index contributed by atoms with van der Waals surface area (Å²) in [5.41, 5.74) is 5.39. The van der Waals surface area contributed by atoms with E-state index in [1.54, 1.807) is 0 Å². The lowest BCUT2D eigenvalue weighted by Crippen LogP contribution is -2.29. The summed E-state index contributed by atoms with van der Waals surface area (Å²) in [6.07, 6.45) is 3.37. The Morgan fingerprint density at radius 2 is 1.73 bits per heavy atom. The molecule has 0 saturated carbocycles. The smallest absolute Gasteiger partial charge is 0.161 e. The first-order chi connectivity index (χ1) is 14.7. The van der Waals surface area contributed by atoms with Gasteiger partial charge in [0.2, 0.25) is 0 Å². The molecule has 0 spiro atoms. The van der Waals surface area contributed by atoms with Crippen LogP contribution in [0.2, 0.25) is 0 Å². The lowest BCUT2D eigenvalue weighted by molar-refractivity contribution is 0.170. The van der Waals surface area contributed by atoms with Crippen LogP contribution in [-0.4, -0.2) is 29.2 Å².